The second-order valence-electron chi connectivity index (χ2n) is 4.84. The van der Waals surface area contributed by atoms with E-state index in [1.165, 1.54) is 0 Å². The summed E-state index contributed by atoms with van der Waals surface area (Å²) in [7, 11) is -5.87. The highest BCUT2D eigenvalue weighted by Crippen LogP contribution is 2.38. The normalized spacial score (nSPS) is 29.9. The molecule has 1 N–H and O–H groups in total. The number of esters is 2. The van der Waals surface area contributed by atoms with Crippen molar-refractivity contribution in [3.05, 3.63) is 0 Å². The number of carbonyl (C=O) groups is 2. The molecule has 3 atom stereocenters. The maximum atomic E-state index is 12.9. The molecular weight excluding hydrogens is 302 g/mol. The predicted molar refractivity (Wildman–Crippen MR) is 58.2 cm³/mol. The number of fused-ring (bicyclic) bond motifs is 2. The SMILES string of the molecule is O=C1OC2CC1CCC2COC(=O)C(F)(F)S(=O)(=O)O. The third-order valence-corrected chi connectivity index (χ3v) is 4.33. The van der Waals surface area contributed by atoms with E-state index < -0.39 is 40.0 Å². The number of carbonyl (C=O) groups excluding carboxylic acids is 2. The minimum Gasteiger partial charge on any atom is -0.462 e. The molecule has 7 nitrogen and oxygen atoms in total. The molecule has 0 spiro atoms. The van der Waals surface area contributed by atoms with Crippen LogP contribution < -0.4 is 0 Å². The lowest BCUT2D eigenvalue weighted by atomic mass is 9.83. The topological polar surface area (TPSA) is 107 Å². The lowest BCUT2D eigenvalue weighted by Gasteiger charge is -2.25. The van der Waals surface area contributed by atoms with Gasteiger partial charge >= 0.3 is 27.3 Å². The highest BCUT2D eigenvalue weighted by molar-refractivity contribution is 7.87. The summed E-state index contributed by atoms with van der Waals surface area (Å²) in [5.41, 5.74) is 0. The molecule has 2 rings (SSSR count). The van der Waals surface area contributed by atoms with E-state index in [2.05, 4.69) is 4.74 Å². The lowest BCUT2D eigenvalue weighted by Crippen LogP contribution is -2.40. The number of alkyl halides is 2. The van der Waals surface area contributed by atoms with Gasteiger partial charge in [0.15, 0.2) is 0 Å². The predicted octanol–water partition coefficient (Wildman–Crippen LogP) is 0.352. The minimum absolute atomic E-state index is 0.203. The van der Waals surface area contributed by atoms with E-state index in [1.54, 1.807) is 0 Å². The van der Waals surface area contributed by atoms with Crippen molar-refractivity contribution in [3.63, 3.8) is 0 Å². The van der Waals surface area contributed by atoms with Crippen molar-refractivity contribution in [1.82, 2.24) is 0 Å². The van der Waals surface area contributed by atoms with Crippen LogP contribution in [0.3, 0.4) is 0 Å². The molecule has 3 unspecified atom stereocenters. The largest absolute Gasteiger partial charge is 0.465 e. The van der Waals surface area contributed by atoms with Crippen molar-refractivity contribution < 1.29 is 40.8 Å². The number of ether oxygens (including phenoxy) is 2. The summed E-state index contributed by atoms with van der Waals surface area (Å²) in [6.45, 7) is -0.491. The van der Waals surface area contributed by atoms with Gasteiger partial charge in [0, 0.05) is 5.92 Å². The molecule has 0 aromatic carbocycles. The van der Waals surface area contributed by atoms with Crippen LogP contribution in [-0.4, -0.2) is 42.9 Å². The van der Waals surface area contributed by atoms with Gasteiger partial charge in [0.05, 0.1) is 12.5 Å². The molecule has 10 heteroatoms. The highest BCUT2D eigenvalue weighted by Gasteiger charge is 2.54. The van der Waals surface area contributed by atoms with E-state index in [4.69, 9.17) is 9.29 Å². The maximum absolute atomic E-state index is 12.9. The Bertz CT molecular complexity index is 530. The summed E-state index contributed by atoms with van der Waals surface area (Å²) < 4.78 is 64.0. The average molecular weight is 314 g/mol. The zero-order chi connectivity index (χ0) is 15.1. The molecule has 1 heterocycles. The molecule has 20 heavy (non-hydrogen) atoms. The van der Waals surface area contributed by atoms with Gasteiger partial charge in [0.25, 0.3) is 0 Å². The van der Waals surface area contributed by atoms with Gasteiger partial charge in [-0.05, 0) is 19.3 Å². The van der Waals surface area contributed by atoms with Gasteiger partial charge in [0.1, 0.15) is 6.10 Å². The molecule has 1 aliphatic carbocycles. The van der Waals surface area contributed by atoms with Gasteiger partial charge in [0.2, 0.25) is 0 Å². The molecule has 2 bridgehead atoms. The maximum Gasteiger partial charge on any atom is 0.465 e. The molecule has 1 aliphatic heterocycles. The first-order valence-corrected chi connectivity index (χ1v) is 7.29. The summed E-state index contributed by atoms with van der Waals surface area (Å²) in [6, 6.07) is 0. The molecule has 2 fully saturated rings. The summed E-state index contributed by atoms with van der Waals surface area (Å²) in [5.74, 6) is -3.34. The average Bonchev–Trinajstić information content (AvgIpc) is 2.63. The first kappa shape index (κ1) is 15.1. The fourth-order valence-corrected chi connectivity index (χ4v) is 2.63. The van der Waals surface area contributed by atoms with Gasteiger partial charge in [-0.2, -0.15) is 17.2 Å². The molecule has 0 aromatic rings. The monoisotopic (exact) mass is 314 g/mol. The van der Waals surface area contributed by atoms with Gasteiger partial charge in [-0.15, -0.1) is 0 Å². The fourth-order valence-electron chi connectivity index (χ4n) is 2.36. The summed E-state index contributed by atoms with van der Waals surface area (Å²) in [5, 5.41) is -5.00. The standard InChI is InChI=1S/C10H12F2O7S/c11-10(12,20(15,16)17)9(14)18-4-6-2-1-5-3-7(6)19-8(5)13/h5-7H,1-4H2,(H,15,16,17). The van der Waals surface area contributed by atoms with E-state index in [1.807, 2.05) is 0 Å². The summed E-state index contributed by atoms with van der Waals surface area (Å²) in [4.78, 5) is 22.3. The summed E-state index contributed by atoms with van der Waals surface area (Å²) in [6.07, 6.45) is 0.891. The van der Waals surface area contributed by atoms with Crippen LogP contribution in [0.25, 0.3) is 0 Å². The van der Waals surface area contributed by atoms with Crippen molar-refractivity contribution in [1.29, 1.82) is 0 Å². The van der Waals surface area contributed by atoms with Gasteiger partial charge in [-0.3, -0.25) is 9.35 Å². The van der Waals surface area contributed by atoms with Crippen molar-refractivity contribution in [3.8, 4) is 0 Å². The minimum atomic E-state index is -5.87. The van der Waals surface area contributed by atoms with E-state index in [9.17, 15) is 26.8 Å². The Hall–Kier alpha value is -1.29. The Kier molecular flexibility index (Phi) is 3.71. The van der Waals surface area contributed by atoms with Crippen LogP contribution in [0.2, 0.25) is 0 Å². The second kappa shape index (κ2) is 4.92. The molecule has 0 radical (unpaired) electrons. The Morgan fingerprint density at radius 1 is 1.45 bits per heavy atom. The lowest BCUT2D eigenvalue weighted by molar-refractivity contribution is -0.164. The van der Waals surface area contributed by atoms with Crippen LogP contribution >= 0.6 is 0 Å². The molecular formula is C10H12F2O7S. The van der Waals surface area contributed by atoms with Crippen LogP contribution in [0.5, 0.6) is 0 Å². The van der Waals surface area contributed by atoms with E-state index in [0.717, 1.165) is 0 Å². The highest BCUT2D eigenvalue weighted by atomic mass is 32.2. The number of hydrogen-bond donors (Lipinski definition) is 1. The van der Waals surface area contributed by atoms with Crippen LogP contribution in [0, 0.1) is 11.8 Å². The second-order valence-corrected chi connectivity index (χ2v) is 6.30. The van der Waals surface area contributed by atoms with Crippen molar-refractivity contribution in [2.45, 2.75) is 30.6 Å². The van der Waals surface area contributed by atoms with Crippen molar-refractivity contribution in [2.75, 3.05) is 6.61 Å². The van der Waals surface area contributed by atoms with Crippen LogP contribution in [0.4, 0.5) is 8.78 Å². The molecule has 0 aromatic heterocycles. The van der Waals surface area contributed by atoms with Crippen molar-refractivity contribution in [2.24, 2.45) is 11.8 Å². The quantitative estimate of drug-likeness (QED) is 0.589. The van der Waals surface area contributed by atoms with Gasteiger partial charge in [-0.25, -0.2) is 4.79 Å². The van der Waals surface area contributed by atoms with Gasteiger partial charge in [-0.1, -0.05) is 0 Å². The zero-order valence-electron chi connectivity index (χ0n) is 10.1. The molecule has 114 valence electrons. The van der Waals surface area contributed by atoms with E-state index in [-0.39, 0.29) is 11.9 Å². The van der Waals surface area contributed by atoms with Crippen LogP contribution in [-0.2, 0) is 29.2 Å². The Labute approximate surface area is 113 Å². The van der Waals surface area contributed by atoms with Crippen LogP contribution in [0.1, 0.15) is 19.3 Å². The zero-order valence-corrected chi connectivity index (χ0v) is 10.9. The van der Waals surface area contributed by atoms with Crippen LogP contribution in [0.15, 0.2) is 0 Å². The van der Waals surface area contributed by atoms with Crippen molar-refractivity contribution >= 4 is 22.1 Å². The number of rotatable bonds is 4. The van der Waals surface area contributed by atoms with E-state index >= 15 is 0 Å². The summed E-state index contributed by atoms with van der Waals surface area (Å²) >= 11 is 0. The molecule has 1 saturated heterocycles. The Morgan fingerprint density at radius 2 is 2.10 bits per heavy atom. The number of hydrogen-bond acceptors (Lipinski definition) is 6. The van der Waals surface area contributed by atoms with Gasteiger partial charge < -0.3 is 9.47 Å². The molecule has 1 saturated carbocycles. The fraction of sp³-hybridized carbons (Fsp3) is 0.800. The Balaban J connectivity index is 1.93. The first-order chi connectivity index (χ1) is 9.13. The first-order valence-electron chi connectivity index (χ1n) is 5.85. The smallest absolute Gasteiger partial charge is 0.462 e. The molecule has 2 aliphatic rings. The third-order valence-electron chi connectivity index (χ3n) is 3.52. The molecule has 0 amide bonds. The third kappa shape index (κ3) is 2.62. The van der Waals surface area contributed by atoms with E-state index in [0.29, 0.717) is 19.3 Å². The number of halogens is 2. The Morgan fingerprint density at radius 3 is 2.70 bits per heavy atom.